The molecule has 0 amide bonds. The first kappa shape index (κ1) is 134. The largest absolute Gasteiger partial charge is 1.00 e. The van der Waals surface area contributed by atoms with Crippen LogP contribution in [-0.4, -0.2) is 75.4 Å². The van der Waals surface area contributed by atoms with Crippen LogP contribution < -0.4 is 357 Å². The van der Waals surface area contributed by atoms with E-state index in [9.17, 15) is 43.9 Å². The zero-order valence-corrected chi connectivity index (χ0v) is 106. The molecule has 0 heterocycles. The number of carbonyl (C=O) groups excluding carboxylic acids is 2. The first-order valence-electron chi connectivity index (χ1n) is 42.5. The fourth-order valence-corrected chi connectivity index (χ4v) is 18.2. The number of phenols is 2. The van der Waals surface area contributed by atoms with Crippen LogP contribution in [0.1, 0.15) is 22.1 Å². The van der Waals surface area contributed by atoms with Gasteiger partial charge in [-0.15, -0.1) is 31.2 Å². The van der Waals surface area contributed by atoms with Gasteiger partial charge >= 0.3 is 308 Å². The molecule has 0 fully saturated rings. The molecule has 0 atom stereocenters. The molecule has 16 aromatic rings. The van der Waals surface area contributed by atoms with Gasteiger partial charge in [-0.2, -0.15) is 0 Å². The fourth-order valence-electron chi connectivity index (χ4n) is 12.6. The Bertz CT molecular complexity index is 6690. The Balaban J connectivity index is 0.000000683. The summed E-state index contributed by atoms with van der Waals surface area (Å²) in [6, 6.07) is 107. The molecule has 0 saturated carbocycles. The van der Waals surface area contributed by atoms with E-state index in [2.05, 4.69) is 45.4 Å². The Morgan fingerprint density at radius 1 is 0.259 bits per heavy atom. The molecule has 37 heteroatoms. The second-order valence-corrected chi connectivity index (χ2v) is 38.9. The first-order chi connectivity index (χ1) is 68.0. The van der Waals surface area contributed by atoms with Gasteiger partial charge in [0.25, 0.3) is 12.9 Å². The predicted molar refractivity (Wildman–Crippen MR) is 539 cm³/mol. The number of hydrogen-bond acceptors (Lipinski definition) is 24. The molecule has 0 saturated heterocycles. The Hall–Kier alpha value is -5.72. The second kappa shape index (κ2) is 69.9. The van der Waals surface area contributed by atoms with Gasteiger partial charge in [0.1, 0.15) is 69.0 Å². The van der Waals surface area contributed by atoms with Crippen molar-refractivity contribution in [1.82, 2.24) is 0 Å². The summed E-state index contributed by atoms with van der Waals surface area (Å²) in [6.07, 6.45) is 8.22. The summed E-state index contributed by atoms with van der Waals surface area (Å²) < 4.78 is 137. The number of phenolic OH excluding ortho intramolecular Hbond substituents is 2. The summed E-state index contributed by atoms with van der Waals surface area (Å²) in [5.41, 5.74) is 7.96. The Labute approximate surface area is 1130 Å². The van der Waals surface area contributed by atoms with Crippen LogP contribution >= 0.6 is 39.1 Å². The molecule has 726 valence electrons. The zero-order valence-electron chi connectivity index (χ0n) is 82.8. The summed E-state index contributed by atoms with van der Waals surface area (Å²) in [6.45, 7) is 11.8. The smallest absolute Gasteiger partial charge is 1.00 e. The van der Waals surface area contributed by atoms with Crippen molar-refractivity contribution >= 4 is 91.4 Å². The molecular formula is C110H91BrCl2K6O24S4. The van der Waals surface area contributed by atoms with E-state index in [1.54, 1.807) is 121 Å². The molecular weight excluding hydrogens is 2220 g/mol. The van der Waals surface area contributed by atoms with Gasteiger partial charge in [-0.1, -0.05) is 179 Å². The minimum Gasteiger partial charge on any atom is -1.00 e. The summed E-state index contributed by atoms with van der Waals surface area (Å²) in [5, 5.41) is 59.8. The first-order valence-corrected chi connectivity index (χ1v) is 50.3. The monoisotopic (exact) mass is 2310 g/mol. The number of carbonyl (C=O) groups is 2. The fraction of sp³-hybridized carbons (Fsp3) is 0.0545. The number of benzene rings is 16. The number of ether oxygens (including phenoxy) is 6. The van der Waals surface area contributed by atoms with E-state index in [0.29, 0.717) is 69.3 Å². The summed E-state index contributed by atoms with van der Waals surface area (Å²) >= 11 is 14.7. The molecule has 0 bridgehead atoms. The van der Waals surface area contributed by atoms with E-state index >= 15 is 0 Å². The maximum Gasteiger partial charge on any atom is 1.00 e. The minimum atomic E-state index is -3.75. The van der Waals surface area contributed by atoms with Crippen LogP contribution in [-0.2, 0) is 58.7 Å². The van der Waals surface area contributed by atoms with Gasteiger partial charge in [-0.3, -0.25) is 9.59 Å². The van der Waals surface area contributed by atoms with Gasteiger partial charge in [0.05, 0.1) is 52.4 Å². The van der Waals surface area contributed by atoms with Crippen molar-refractivity contribution in [1.29, 1.82) is 0 Å². The normalized spacial score (nSPS) is 10.2. The van der Waals surface area contributed by atoms with E-state index in [1.807, 2.05) is 164 Å². The summed E-state index contributed by atoms with van der Waals surface area (Å²) in [7, 11) is -14.6. The average Bonchev–Trinajstić information content (AvgIpc) is 0.797. The maximum absolute atomic E-state index is 13.4. The Kier molecular flexibility index (Phi) is 63.5. The van der Waals surface area contributed by atoms with Gasteiger partial charge in [-0.25, -0.2) is 33.7 Å². The van der Waals surface area contributed by atoms with Crippen molar-refractivity contribution < 1.29 is 424 Å². The molecule has 16 rings (SSSR count). The van der Waals surface area contributed by atoms with E-state index in [1.165, 1.54) is 121 Å². The van der Waals surface area contributed by atoms with E-state index in [-0.39, 0.29) is 386 Å². The molecule has 0 aliphatic rings. The number of hydrogen-bond donors (Lipinski definition) is 2. The summed E-state index contributed by atoms with van der Waals surface area (Å²) in [4.78, 5) is 23.7. The second-order valence-electron chi connectivity index (χ2n) is 29.4. The molecule has 0 aliphatic carbocycles. The number of aromatic hydroxyl groups is 2. The van der Waals surface area contributed by atoms with Crippen molar-refractivity contribution in [2.24, 2.45) is 0 Å². The number of alkyl halides is 1. The average molecular weight is 2310 g/mol. The third kappa shape index (κ3) is 43.5. The number of rotatable bonds is 32. The van der Waals surface area contributed by atoms with Crippen molar-refractivity contribution in [3.8, 4) is 125 Å². The van der Waals surface area contributed by atoms with Gasteiger partial charge in [0.15, 0.2) is 0 Å². The molecule has 147 heavy (non-hydrogen) atoms. The quantitative estimate of drug-likeness (QED) is 0.00961. The van der Waals surface area contributed by atoms with E-state index < -0.39 is 39.3 Å². The number of allylic oxidation sites excluding steroid dienone is 1. The van der Waals surface area contributed by atoms with Gasteiger partial charge in [0.2, 0.25) is 39.3 Å². The Morgan fingerprint density at radius 2 is 0.408 bits per heavy atom. The SMILES string of the molecule is C=CCCBr.C=CCCOc1ccc(-c2ccc(Oc3ccc(S(=O)(=O)c4ccc(Oc5ccc(-c6ccc(OCCC=C)cc6)cc5)cc4)cc3)cc2)cc1.O=CO[O-].O=CO[O-].O=S(=O)(c1ccc(Cl)cc1)c1ccc(Cl)cc1.O=S(=O)(c1ccc(O)cc1)c1ccc(O)cc1.O=S(=O)(c1ccc(Oc2ccc(-c3ccc([O-])cc3)cc2)cc1)c1ccc(Oc2ccc(-c3ccc([O-])cc3)cc2)cc1.[H-].[H-].[K+].[K+].[K+].[K+].[K+].[K+]. The third-order valence-corrected chi connectivity index (χ3v) is 27.9. The van der Waals surface area contributed by atoms with Crippen molar-refractivity contribution in [3.05, 3.63) is 436 Å². The molecule has 16 aromatic carbocycles. The van der Waals surface area contributed by atoms with Gasteiger partial charge < -0.3 is 72.0 Å². The van der Waals surface area contributed by atoms with Crippen LogP contribution in [0.25, 0.3) is 44.5 Å². The van der Waals surface area contributed by atoms with E-state index in [0.717, 1.165) is 80.6 Å². The zero-order chi connectivity index (χ0) is 101. The molecule has 0 aromatic heterocycles. The summed E-state index contributed by atoms with van der Waals surface area (Å²) in [5.74, 6) is 6.12. The molecule has 0 aliphatic heterocycles. The molecule has 0 spiro atoms. The predicted octanol–water partition coefficient (Wildman–Crippen LogP) is 5.77. The van der Waals surface area contributed by atoms with Crippen LogP contribution in [0.5, 0.6) is 80.5 Å². The van der Waals surface area contributed by atoms with Crippen molar-refractivity contribution in [3.63, 3.8) is 0 Å². The van der Waals surface area contributed by atoms with Crippen LogP contribution in [0.2, 0.25) is 10.0 Å². The minimum absolute atomic E-state index is 0. The maximum atomic E-state index is 13.4. The van der Waals surface area contributed by atoms with Crippen LogP contribution in [0.3, 0.4) is 0 Å². The van der Waals surface area contributed by atoms with E-state index in [4.69, 9.17) is 81.9 Å². The Morgan fingerprint density at radius 3 is 0.565 bits per heavy atom. The van der Waals surface area contributed by atoms with Crippen LogP contribution in [0, 0.1) is 0 Å². The van der Waals surface area contributed by atoms with Crippen LogP contribution in [0.15, 0.2) is 465 Å². The number of sulfone groups is 4. The third-order valence-electron chi connectivity index (χ3n) is 19.8. The van der Waals surface area contributed by atoms with Gasteiger partial charge in [0, 0.05) is 15.4 Å². The number of halogens is 3. The van der Waals surface area contributed by atoms with Gasteiger partial charge in [-0.05, 0) is 331 Å². The van der Waals surface area contributed by atoms with Crippen molar-refractivity contribution in [2.75, 3.05) is 18.5 Å². The molecule has 2 N–H and O–H groups in total. The van der Waals surface area contributed by atoms with Crippen molar-refractivity contribution in [2.45, 2.75) is 58.4 Å². The topological polar surface area (TPSA) is 377 Å². The molecule has 0 radical (unpaired) electrons. The standard InChI is InChI=1S/C44H38O6S.C36H26O6S.C12H8Cl2O2S.C12H10O4S.C4H7Br.2CH2O3.6K.2H/c1-3-5-31-47-37-15-7-33(8-16-37)35-11-19-39(20-12-35)49-41-23-27-43(28-24-41)51(45,46)44-29-25-42(26-30-44)50-40-21-13-36(14-22-40)34-9-17-38(18-10-34)48-32-6-4-2;37-29-9-1-25(2-10-29)27-5-13-31(14-6-27)41-33-17-21-35(22-18-33)43(39,40)36-23-19-34(20-24-36)42-32-15-7-28(8-16-32)26-3-11-30(38)12-4-26;2*13-9-1-5-11(6-2-9)17(15,16)12-7-3-10(14)4-8-12;1-2-3-4-5;2*2-1-4-3;;;;;;;;/h3-4,7-30H,1-2,5-6,31-32H2;1-24,37-38H;1-8H;1-8,13-14H;2H,1,3-4H2;2*1,3H;;;;;;;;/q;;;;;;;6*+1;2*-1/p-4. The molecule has 0 unspecified atom stereocenters. The molecule has 24 nitrogen and oxygen atoms in total. The van der Waals surface area contributed by atoms with Crippen LogP contribution in [0.4, 0.5) is 0 Å².